The number of hydrogen-bond acceptors (Lipinski definition) is 3. The number of aromatic nitrogens is 2. The fourth-order valence-electron chi connectivity index (χ4n) is 2.12. The molecule has 5 heteroatoms. The summed E-state index contributed by atoms with van der Waals surface area (Å²) in [6.07, 6.45) is 3.98. The van der Waals surface area contributed by atoms with Gasteiger partial charge >= 0.3 is 5.97 Å². The molecule has 1 saturated heterocycles. The molecule has 1 N–H and O–H groups in total. The van der Waals surface area contributed by atoms with Gasteiger partial charge < -0.3 is 10.0 Å². The van der Waals surface area contributed by atoms with Crippen LogP contribution < -0.4 is 0 Å². The van der Waals surface area contributed by atoms with Crippen molar-refractivity contribution in [1.82, 2.24) is 14.7 Å². The summed E-state index contributed by atoms with van der Waals surface area (Å²) in [5.74, 6) is -0.898. The molecule has 1 fully saturated rings. The molecule has 0 saturated carbocycles. The van der Waals surface area contributed by atoms with Crippen molar-refractivity contribution < 1.29 is 9.90 Å². The first-order chi connectivity index (χ1) is 7.68. The third-order valence-electron chi connectivity index (χ3n) is 3.16. The van der Waals surface area contributed by atoms with Crippen molar-refractivity contribution in [3.8, 4) is 0 Å². The van der Waals surface area contributed by atoms with Crippen molar-refractivity contribution >= 4 is 5.97 Å². The van der Waals surface area contributed by atoms with Gasteiger partial charge in [0, 0.05) is 12.2 Å². The maximum absolute atomic E-state index is 10.8. The molecule has 16 heavy (non-hydrogen) atoms. The molecule has 2 rings (SSSR count). The van der Waals surface area contributed by atoms with Crippen LogP contribution in [0.15, 0.2) is 6.20 Å². The molecular formula is C11H17N3O2. The summed E-state index contributed by atoms with van der Waals surface area (Å²) in [5.41, 5.74) is 1.05. The fourth-order valence-corrected chi connectivity index (χ4v) is 2.12. The Bertz CT molecular complexity index is 381. The predicted molar refractivity (Wildman–Crippen MR) is 59.6 cm³/mol. The number of nitrogens with zero attached hydrogens (tertiary/aromatic N) is 3. The van der Waals surface area contributed by atoms with E-state index in [1.165, 1.54) is 19.0 Å². The SMILES string of the molecule is Cc1c(C(=O)O)cnn1CCN1CCCC1. The zero-order chi connectivity index (χ0) is 11.5. The average Bonchev–Trinajstić information content (AvgIpc) is 2.84. The molecule has 0 bridgehead atoms. The molecule has 1 aliphatic rings. The van der Waals surface area contributed by atoms with E-state index in [1.54, 1.807) is 11.6 Å². The Kier molecular flexibility index (Phi) is 3.24. The molecule has 0 amide bonds. The fraction of sp³-hybridized carbons (Fsp3) is 0.636. The Morgan fingerprint density at radius 2 is 2.12 bits per heavy atom. The molecule has 0 aliphatic carbocycles. The normalized spacial score (nSPS) is 16.8. The van der Waals surface area contributed by atoms with Crippen LogP contribution in [-0.2, 0) is 6.54 Å². The second-order valence-electron chi connectivity index (χ2n) is 4.22. The molecule has 0 aromatic carbocycles. The molecule has 0 spiro atoms. The third kappa shape index (κ3) is 2.24. The standard InChI is InChI=1S/C11H17N3O2/c1-9-10(11(15)16)8-12-14(9)7-6-13-4-2-3-5-13/h8H,2-7H2,1H3,(H,15,16). The molecule has 1 aliphatic heterocycles. The second kappa shape index (κ2) is 4.65. The Hall–Kier alpha value is -1.36. The Morgan fingerprint density at radius 3 is 2.69 bits per heavy atom. The van der Waals surface area contributed by atoms with Gasteiger partial charge in [0.2, 0.25) is 0 Å². The van der Waals surface area contributed by atoms with Gasteiger partial charge in [0.05, 0.1) is 12.7 Å². The monoisotopic (exact) mass is 223 g/mol. The number of hydrogen-bond donors (Lipinski definition) is 1. The van der Waals surface area contributed by atoms with Crippen LogP contribution in [0.2, 0.25) is 0 Å². The lowest BCUT2D eigenvalue weighted by molar-refractivity contribution is 0.0696. The van der Waals surface area contributed by atoms with E-state index >= 15 is 0 Å². The average molecular weight is 223 g/mol. The summed E-state index contributed by atoms with van der Waals surface area (Å²) in [5, 5.41) is 13.0. The first-order valence-corrected chi connectivity index (χ1v) is 5.66. The number of carbonyl (C=O) groups is 1. The maximum atomic E-state index is 10.8. The van der Waals surface area contributed by atoms with Crippen LogP contribution in [0.4, 0.5) is 0 Å². The van der Waals surface area contributed by atoms with Crippen LogP contribution in [0.3, 0.4) is 0 Å². The zero-order valence-electron chi connectivity index (χ0n) is 9.52. The van der Waals surface area contributed by atoms with E-state index in [4.69, 9.17) is 5.11 Å². The van der Waals surface area contributed by atoms with E-state index in [1.807, 2.05) is 0 Å². The lowest BCUT2D eigenvalue weighted by atomic mass is 10.3. The lowest BCUT2D eigenvalue weighted by Crippen LogP contribution is -2.24. The van der Waals surface area contributed by atoms with Gasteiger partial charge in [-0.1, -0.05) is 0 Å². The van der Waals surface area contributed by atoms with Crippen LogP contribution in [0.1, 0.15) is 28.9 Å². The highest BCUT2D eigenvalue weighted by molar-refractivity contribution is 5.88. The largest absolute Gasteiger partial charge is 0.478 e. The summed E-state index contributed by atoms with van der Waals surface area (Å²) >= 11 is 0. The lowest BCUT2D eigenvalue weighted by Gasteiger charge is -2.14. The molecule has 2 heterocycles. The van der Waals surface area contributed by atoms with Gasteiger partial charge in [-0.15, -0.1) is 0 Å². The summed E-state index contributed by atoms with van der Waals surface area (Å²) in [7, 11) is 0. The van der Waals surface area contributed by atoms with Crippen molar-refractivity contribution in [2.45, 2.75) is 26.3 Å². The van der Waals surface area contributed by atoms with E-state index in [0.29, 0.717) is 5.56 Å². The van der Waals surface area contributed by atoms with Crippen LogP contribution in [0.5, 0.6) is 0 Å². The first kappa shape index (κ1) is 11.1. The van der Waals surface area contributed by atoms with Crippen LogP contribution >= 0.6 is 0 Å². The quantitative estimate of drug-likeness (QED) is 0.826. The van der Waals surface area contributed by atoms with Gasteiger partial charge in [-0.2, -0.15) is 5.10 Å². The number of rotatable bonds is 4. The molecule has 1 aromatic heterocycles. The molecular weight excluding hydrogens is 206 g/mol. The van der Waals surface area contributed by atoms with Crippen LogP contribution in [0.25, 0.3) is 0 Å². The van der Waals surface area contributed by atoms with Crippen molar-refractivity contribution in [2.75, 3.05) is 19.6 Å². The predicted octanol–water partition coefficient (Wildman–Crippen LogP) is 0.986. The molecule has 5 nitrogen and oxygen atoms in total. The number of carboxylic acid groups (broad SMARTS) is 1. The summed E-state index contributed by atoms with van der Waals surface area (Å²) in [6.45, 7) is 5.86. The van der Waals surface area contributed by atoms with E-state index in [0.717, 1.165) is 31.9 Å². The minimum atomic E-state index is -0.898. The smallest absolute Gasteiger partial charge is 0.339 e. The van der Waals surface area contributed by atoms with Gasteiger partial charge in [-0.05, 0) is 32.9 Å². The van der Waals surface area contributed by atoms with Crippen molar-refractivity contribution in [3.05, 3.63) is 17.5 Å². The van der Waals surface area contributed by atoms with E-state index in [2.05, 4.69) is 10.00 Å². The Labute approximate surface area is 94.7 Å². The maximum Gasteiger partial charge on any atom is 0.339 e. The van der Waals surface area contributed by atoms with Crippen molar-refractivity contribution in [2.24, 2.45) is 0 Å². The minimum absolute atomic E-state index is 0.307. The highest BCUT2D eigenvalue weighted by Crippen LogP contribution is 2.09. The van der Waals surface area contributed by atoms with Gasteiger partial charge in [-0.25, -0.2) is 4.79 Å². The van der Waals surface area contributed by atoms with E-state index in [-0.39, 0.29) is 0 Å². The Balaban J connectivity index is 1.96. The minimum Gasteiger partial charge on any atom is -0.478 e. The van der Waals surface area contributed by atoms with Crippen LogP contribution in [-0.4, -0.2) is 45.4 Å². The van der Waals surface area contributed by atoms with Gasteiger partial charge in [0.15, 0.2) is 0 Å². The highest BCUT2D eigenvalue weighted by Gasteiger charge is 2.15. The molecule has 88 valence electrons. The molecule has 0 atom stereocenters. The van der Waals surface area contributed by atoms with Gasteiger partial charge in [-0.3, -0.25) is 4.68 Å². The molecule has 1 aromatic rings. The van der Waals surface area contributed by atoms with Gasteiger partial charge in [0.25, 0.3) is 0 Å². The first-order valence-electron chi connectivity index (χ1n) is 5.66. The van der Waals surface area contributed by atoms with E-state index < -0.39 is 5.97 Å². The molecule has 0 radical (unpaired) electrons. The van der Waals surface area contributed by atoms with Crippen LogP contribution in [0, 0.1) is 6.92 Å². The summed E-state index contributed by atoms with van der Waals surface area (Å²) in [6, 6.07) is 0. The zero-order valence-corrected chi connectivity index (χ0v) is 9.52. The number of likely N-dealkylation sites (tertiary alicyclic amines) is 1. The van der Waals surface area contributed by atoms with Crippen molar-refractivity contribution in [3.63, 3.8) is 0 Å². The highest BCUT2D eigenvalue weighted by atomic mass is 16.4. The third-order valence-corrected chi connectivity index (χ3v) is 3.16. The summed E-state index contributed by atoms with van der Waals surface area (Å²) in [4.78, 5) is 13.2. The second-order valence-corrected chi connectivity index (χ2v) is 4.22. The topological polar surface area (TPSA) is 58.4 Å². The number of aromatic carboxylic acids is 1. The number of carboxylic acids is 1. The summed E-state index contributed by atoms with van der Waals surface area (Å²) < 4.78 is 1.78. The van der Waals surface area contributed by atoms with Gasteiger partial charge in [0.1, 0.15) is 5.56 Å². The van der Waals surface area contributed by atoms with E-state index in [9.17, 15) is 4.79 Å². The molecule has 0 unspecified atom stereocenters. The Morgan fingerprint density at radius 1 is 1.44 bits per heavy atom. The van der Waals surface area contributed by atoms with Crippen molar-refractivity contribution in [1.29, 1.82) is 0 Å².